The van der Waals surface area contributed by atoms with E-state index in [4.69, 9.17) is 9.47 Å². The van der Waals surface area contributed by atoms with E-state index in [2.05, 4.69) is 56.6 Å². The lowest BCUT2D eigenvalue weighted by molar-refractivity contribution is -0.143. The lowest BCUT2D eigenvalue weighted by Crippen LogP contribution is -2.58. The molecule has 2 aromatic carbocycles. The van der Waals surface area contributed by atoms with Gasteiger partial charge < -0.3 is 45.9 Å². The molecule has 0 spiro atoms. The number of fused-ring (bicyclic) bond motifs is 2. The standard InChI is InChI=1S/C57H79N7O8/c1-36(58-3)53(66)60-50(38-19-7-5-8-20-38)56(69)63-29-17-27-45(63)47(65)35-44-42-25-13-11-23-40(42)33-48(44)71-31-15-16-32-72-49-34-41-24-12-14-26-43(41)52(49)62-55(68)46-28-18-30-64(46)57(70)51(39-21-9-6-10-22-39)61-54(67)37(2)59-4/h11-14,23-26,36-39,44-46,48-52,58-59H,5-10,17-22,27-35H2,1-4H3,(H,60,66)(H,61,67)(H,62,68)/t36-,37-,44-,45-,46-,48+,49+,50?,51?,52-/m0/s1. The molecule has 0 radical (unpaired) electrons. The van der Waals surface area contributed by atoms with Crippen molar-refractivity contribution in [2.75, 3.05) is 40.4 Å². The van der Waals surface area contributed by atoms with Crippen molar-refractivity contribution in [1.29, 1.82) is 0 Å². The zero-order valence-corrected chi connectivity index (χ0v) is 43.1. The maximum absolute atomic E-state index is 14.4. The highest BCUT2D eigenvalue weighted by atomic mass is 16.5. The van der Waals surface area contributed by atoms with Crippen LogP contribution in [0.5, 0.6) is 0 Å². The molecule has 5 N–H and O–H groups in total. The second-order valence-corrected chi connectivity index (χ2v) is 21.3. The monoisotopic (exact) mass is 990 g/mol. The molecule has 390 valence electrons. The Hall–Kier alpha value is -5.14. The molecule has 10 atom stereocenters. The van der Waals surface area contributed by atoms with Gasteiger partial charge in [0.05, 0.1) is 36.4 Å². The third kappa shape index (κ3) is 12.4. The van der Waals surface area contributed by atoms with Crippen LogP contribution in [-0.4, -0.2) is 134 Å². The first-order valence-electron chi connectivity index (χ1n) is 27.2. The second-order valence-electron chi connectivity index (χ2n) is 21.3. The fourth-order valence-corrected chi connectivity index (χ4v) is 12.5. The van der Waals surface area contributed by atoms with Crippen LogP contribution in [0.3, 0.4) is 0 Å². The fraction of sp³-hybridized carbons (Fsp3) is 0.649. The number of carbonyl (C=O) groups is 6. The number of hydrogen-bond donors (Lipinski definition) is 5. The summed E-state index contributed by atoms with van der Waals surface area (Å²) in [4.78, 5) is 87.1. The number of hydrogen-bond acceptors (Lipinski definition) is 10. The lowest BCUT2D eigenvalue weighted by Gasteiger charge is -2.35. The average molecular weight is 990 g/mol. The maximum Gasteiger partial charge on any atom is 0.246 e. The number of Topliss-reactive ketones (excluding diaryl/α,β-unsaturated/α-hetero) is 1. The Balaban J connectivity index is 0.877. The minimum Gasteiger partial charge on any atom is -0.365 e. The van der Waals surface area contributed by atoms with Crippen molar-refractivity contribution in [3.05, 3.63) is 70.8 Å². The molecule has 72 heavy (non-hydrogen) atoms. The van der Waals surface area contributed by atoms with Gasteiger partial charge in [0, 0.05) is 31.8 Å². The van der Waals surface area contributed by atoms with Crippen molar-refractivity contribution in [2.45, 2.75) is 183 Å². The molecule has 5 amide bonds. The SMILES string of the molecule is CN[C@@H](C)C(=O)NC(C(=O)N1CCC[C@H]1C(=O)C[C@H]1c2ccccc2C[C@H]1OCC#CCO[C@@H]1Cc2ccccc2[C@@H]1NC(=O)[C@@H]1CCCN1C(=O)C(NC(=O)[C@H](C)NC)C1CCCCC1)C1CCCCC1. The molecule has 2 aliphatic heterocycles. The molecule has 6 aliphatic rings. The quantitative estimate of drug-likeness (QED) is 0.123. The summed E-state index contributed by atoms with van der Waals surface area (Å²) >= 11 is 0. The number of amides is 5. The van der Waals surface area contributed by atoms with Crippen LogP contribution in [-0.2, 0) is 51.1 Å². The molecule has 2 unspecified atom stereocenters. The molecular formula is C57H79N7O8. The molecule has 2 heterocycles. The first-order valence-corrected chi connectivity index (χ1v) is 27.2. The molecular weight excluding hydrogens is 911 g/mol. The molecule has 15 nitrogen and oxygen atoms in total. The summed E-state index contributed by atoms with van der Waals surface area (Å²) in [7, 11) is 3.45. The van der Waals surface area contributed by atoms with Gasteiger partial charge in [-0.05, 0) is 120 Å². The number of nitrogens with zero attached hydrogens (tertiary/aromatic N) is 2. The van der Waals surface area contributed by atoms with E-state index in [1.807, 2.05) is 30.3 Å². The third-order valence-electron chi connectivity index (χ3n) is 16.9. The van der Waals surface area contributed by atoms with E-state index in [1.54, 1.807) is 37.7 Å². The summed E-state index contributed by atoms with van der Waals surface area (Å²) in [6, 6.07) is 12.3. The Kier molecular flexibility index (Phi) is 18.6. The van der Waals surface area contributed by atoms with Crippen molar-refractivity contribution < 1.29 is 38.2 Å². The van der Waals surface area contributed by atoms with Crippen molar-refractivity contribution in [2.24, 2.45) is 11.8 Å². The van der Waals surface area contributed by atoms with E-state index >= 15 is 0 Å². The number of nitrogens with one attached hydrogen (secondary N) is 5. The Morgan fingerprint density at radius 3 is 1.62 bits per heavy atom. The zero-order chi connectivity index (χ0) is 50.7. The van der Waals surface area contributed by atoms with Gasteiger partial charge in [0.15, 0.2) is 5.78 Å². The predicted molar refractivity (Wildman–Crippen MR) is 274 cm³/mol. The van der Waals surface area contributed by atoms with Gasteiger partial charge in [-0.1, -0.05) is 98.9 Å². The number of ether oxygens (including phenoxy) is 2. The number of likely N-dealkylation sites (tertiary alicyclic amines) is 2. The van der Waals surface area contributed by atoms with Crippen LogP contribution in [0.1, 0.15) is 144 Å². The summed E-state index contributed by atoms with van der Waals surface area (Å²) in [6.45, 7) is 4.77. The second kappa shape index (κ2) is 25.2. The van der Waals surface area contributed by atoms with Crippen LogP contribution in [0.25, 0.3) is 0 Å². The summed E-state index contributed by atoms with van der Waals surface area (Å²) in [5.41, 5.74) is 4.30. The number of likely N-dealkylation sites (N-methyl/N-ethyl adjacent to an activating group) is 2. The van der Waals surface area contributed by atoms with E-state index < -0.39 is 42.3 Å². The van der Waals surface area contributed by atoms with E-state index in [0.717, 1.165) is 92.9 Å². The van der Waals surface area contributed by atoms with Crippen LogP contribution < -0.4 is 26.6 Å². The van der Waals surface area contributed by atoms with Crippen molar-refractivity contribution in [3.63, 3.8) is 0 Å². The molecule has 2 saturated heterocycles. The van der Waals surface area contributed by atoms with Gasteiger partial charge >= 0.3 is 0 Å². The van der Waals surface area contributed by atoms with Crippen LogP contribution in [0.4, 0.5) is 0 Å². The highest BCUT2D eigenvalue weighted by Crippen LogP contribution is 2.40. The highest BCUT2D eigenvalue weighted by Gasteiger charge is 2.45. The number of carbonyl (C=O) groups excluding carboxylic acids is 6. The predicted octanol–water partition coefficient (Wildman–Crippen LogP) is 4.80. The Bertz CT molecular complexity index is 2150. The molecule has 4 fully saturated rings. The van der Waals surface area contributed by atoms with Gasteiger partial charge in [-0.25, -0.2) is 0 Å². The molecule has 0 bridgehead atoms. The zero-order valence-electron chi connectivity index (χ0n) is 43.1. The molecule has 4 aliphatic carbocycles. The maximum atomic E-state index is 14.4. The minimum absolute atomic E-state index is 0.0198. The smallest absolute Gasteiger partial charge is 0.246 e. The summed E-state index contributed by atoms with van der Waals surface area (Å²) in [5.74, 6) is 5.22. The topological polar surface area (TPSA) is 188 Å². The van der Waals surface area contributed by atoms with E-state index in [1.165, 1.54) is 0 Å². The lowest BCUT2D eigenvalue weighted by atomic mass is 9.83. The van der Waals surface area contributed by atoms with E-state index in [-0.39, 0.29) is 84.9 Å². The normalized spacial score (nSPS) is 25.8. The van der Waals surface area contributed by atoms with Gasteiger partial charge in [-0.15, -0.1) is 0 Å². The summed E-state index contributed by atoms with van der Waals surface area (Å²) < 4.78 is 12.9. The molecule has 0 aromatic heterocycles. The van der Waals surface area contributed by atoms with Gasteiger partial charge in [-0.2, -0.15) is 0 Å². The van der Waals surface area contributed by atoms with Crippen molar-refractivity contribution >= 4 is 35.3 Å². The van der Waals surface area contributed by atoms with Crippen LogP contribution in [0, 0.1) is 23.7 Å². The van der Waals surface area contributed by atoms with E-state index in [9.17, 15) is 28.8 Å². The minimum atomic E-state index is -0.677. The fourth-order valence-electron chi connectivity index (χ4n) is 12.5. The first kappa shape index (κ1) is 53.2. The molecule has 2 aromatic rings. The van der Waals surface area contributed by atoms with E-state index in [0.29, 0.717) is 45.2 Å². The highest BCUT2D eigenvalue weighted by molar-refractivity contribution is 5.95. The van der Waals surface area contributed by atoms with Gasteiger partial charge in [0.2, 0.25) is 29.5 Å². The summed E-state index contributed by atoms with van der Waals surface area (Å²) in [5, 5.41) is 15.4. The Morgan fingerprint density at radius 1 is 0.597 bits per heavy atom. The first-order chi connectivity index (χ1) is 35.0. The number of benzene rings is 2. The van der Waals surface area contributed by atoms with Gasteiger partial charge in [-0.3, -0.25) is 28.8 Å². The largest absolute Gasteiger partial charge is 0.365 e. The number of rotatable bonds is 19. The third-order valence-corrected chi connectivity index (χ3v) is 16.9. The Labute approximate surface area is 426 Å². The van der Waals surface area contributed by atoms with Crippen molar-refractivity contribution in [1.82, 2.24) is 36.4 Å². The Morgan fingerprint density at radius 2 is 1.07 bits per heavy atom. The molecule has 15 heteroatoms. The molecule has 8 rings (SSSR count). The number of ketones is 1. The van der Waals surface area contributed by atoms with Crippen LogP contribution >= 0.6 is 0 Å². The van der Waals surface area contributed by atoms with Crippen LogP contribution in [0.2, 0.25) is 0 Å². The van der Waals surface area contributed by atoms with Gasteiger partial charge in [0.1, 0.15) is 31.3 Å². The van der Waals surface area contributed by atoms with Crippen LogP contribution in [0.15, 0.2) is 48.5 Å². The average Bonchev–Trinajstić information content (AvgIpc) is 4.24. The van der Waals surface area contributed by atoms with Crippen molar-refractivity contribution in [3.8, 4) is 11.8 Å². The molecule has 2 saturated carbocycles. The summed E-state index contributed by atoms with van der Waals surface area (Å²) in [6.07, 6.45) is 13.2. The van der Waals surface area contributed by atoms with Gasteiger partial charge in [0.25, 0.3) is 0 Å².